The molecule has 0 saturated carbocycles. The summed E-state index contributed by atoms with van der Waals surface area (Å²) in [5.74, 6) is 0. The Morgan fingerprint density at radius 3 is 3.15 bits per heavy atom. The quantitative estimate of drug-likeness (QED) is 0.495. The largest absolute Gasteiger partial charge is 0.452 e. The van der Waals surface area contributed by atoms with Gasteiger partial charge in [0.2, 0.25) is 0 Å². The van der Waals surface area contributed by atoms with Crippen LogP contribution in [0.1, 0.15) is 5.69 Å². The van der Waals surface area contributed by atoms with E-state index < -0.39 is 6.09 Å². The van der Waals surface area contributed by atoms with Crippen LogP contribution >= 0.6 is 0 Å². The summed E-state index contributed by atoms with van der Waals surface area (Å²) in [5.41, 5.74) is 2.68. The van der Waals surface area contributed by atoms with Gasteiger partial charge in [0.1, 0.15) is 5.69 Å². The lowest BCUT2D eigenvalue weighted by Crippen LogP contribution is -2.16. The van der Waals surface area contributed by atoms with Gasteiger partial charge < -0.3 is 4.74 Å². The zero-order valence-corrected chi connectivity index (χ0v) is 7.26. The van der Waals surface area contributed by atoms with Crippen LogP contribution in [0.15, 0.2) is 11.3 Å². The number of rotatable bonds is 2. The van der Waals surface area contributed by atoms with E-state index in [1.54, 1.807) is 7.05 Å². The molecule has 0 aromatic carbocycles. The molecule has 0 aliphatic carbocycles. The molecule has 1 aromatic heterocycles. The van der Waals surface area contributed by atoms with Gasteiger partial charge in [0.15, 0.2) is 0 Å². The minimum absolute atomic E-state index is 0.555. The summed E-state index contributed by atoms with van der Waals surface area (Å²) in [4.78, 5) is 11.9. The van der Waals surface area contributed by atoms with Gasteiger partial charge in [-0.2, -0.15) is 20.1 Å². The van der Waals surface area contributed by atoms with Crippen molar-refractivity contribution in [3.63, 3.8) is 0 Å². The summed E-state index contributed by atoms with van der Waals surface area (Å²) in [6.45, 7) is 0. The Balaban J connectivity index is 2.45. The maximum absolute atomic E-state index is 10.5. The smallest absolute Gasteiger partial charge is 0.427 e. The van der Waals surface area contributed by atoms with Crippen molar-refractivity contribution >= 4 is 12.3 Å². The minimum atomic E-state index is -0.625. The van der Waals surface area contributed by atoms with Crippen molar-refractivity contribution in [2.75, 3.05) is 7.11 Å². The Morgan fingerprint density at radius 1 is 1.85 bits per heavy atom. The minimum Gasteiger partial charge on any atom is -0.452 e. The zero-order valence-electron chi connectivity index (χ0n) is 7.26. The van der Waals surface area contributed by atoms with Gasteiger partial charge >= 0.3 is 6.09 Å². The monoisotopic (exact) mass is 183 g/mol. The number of nitrogens with zero attached hydrogens (tertiary/aromatic N) is 4. The highest BCUT2D eigenvalue weighted by Crippen LogP contribution is 1.83. The third-order valence-corrected chi connectivity index (χ3v) is 1.16. The molecule has 1 heterocycles. The van der Waals surface area contributed by atoms with Gasteiger partial charge in [-0.3, -0.25) is 0 Å². The molecule has 1 rings (SSSR count). The fraction of sp³-hybridized carbons (Fsp3) is 0.333. The van der Waals surface area contributed by atoms with Crippen molar-refractivity contribution in [3.05, 3.63) is 11.9 Å². The number of ether oxygens (including phenoxy) is 1. The number of carbonyl (C=O) groups excluding carboxylic acids is 1. The molecule has 0 unspecified atom stereocenters. The normalized spacial score (nSPS) is 10.3. The number of amides is 1. The fourth-order valence-corrected chi connectivity index (χ4v) is 0.617. The maximum Gasteiger partial charge on any atom is 0.427 e. The molecule has 70 valence electrons. The Morgan fingerprint density at radius 2 is 2.62 bits per heavy atom. The van der Waals surface area contributed by atoms with Crippen molar-refractivity contribution in [2.24, 2.45) is 12.1 Å². The highest BCUT2D eigenvalue weighted by atomic mass is 16.5. The van der Waals surface area contributed by atoms with Crippen LogP contribution in [0.2, 0.25) is 0 Å². The first-order valence-corrected chi connectivity index (χ1v) is 3.45. The molecule has 0 spiro atoms. The third kappa shape index (κ3) is 2.89. The number of hydrogen-bond acceptors (Lipinski definition) is 5. The van der Waals surface area contributed by atoms with Crippen LogP contribution in [0.5, 0.6) is 0 Å². The van der Waals surface area contributed by atoms with E-state index in [0.717, 1.165) is 0 Å². The average Bonchev–Trinajstić information content (AvgIpc) is 2.51. The van der Waals surface area contributed by atoms with E-state index in [4.69, 9.17) is 0 Å². The summed E-state index contributed by atoms with van der Waals surface area (Å²) in [6.07, 6.45) is 2.26. The van der Waals surface area contributed by atoms with Crippen LogP contribution in [0, 0.1) is 0 Å². The van der Waals surface area contributed by atoms with Gasteiger partial charge in [-0.25, -0.2) is 10.2 Å². The Bertz CT molecular complexity index is 319. The molecule has 0 aliphatic heterocycles. The lowest BCUT2D eigenvalue weighted by molar-refractivity contribution is 0.171. The second-order valence-electron chi connectivity index (χ2n) is 2.12. The lowest BCUT2D eigenvalue weighted by Gasteiger charge is -1.93. The topological polar surface area (TPSA) is 81.4 Å². The molecule has 0 fully saturated rings. The molecule has 0 radical (unpaired) electrons. The SMILES string of the molecule is COC(=O)N/N=C/c1cnn(C)n1. The van der Waals surface area contributed by atoms with Crippen LogP contribution in [-0.4, -0.2) is 34.4 Å². The maximum atomic E-state index is 10.5. The van der Waals surface area contributed by atoms with E-state index in [1.807, 2.05) is 0 Å². The van der Waals surface area contributed by atoms with E-state index in [0.29, 0.717) is 5.69 Å². The predicted molar refractivity (Wildman–Crippen MR) is 44.1 cm³/mol. The predicted octanol–water partition coefficient (Wildman–Crippen LogP) is -0.495. The van der Waals surface area contributed by atoms with E-state index in [1.165, 1.54) is 24.3 Å². The Hall–Kier alpha value is -1.92. The van der Waals surface area contributed by atoms with E-state index in [-0.39, 0.29) is 0 Å². The van der Waals surface area contributed by atoms with E-state index in [2.05, 4.69) is 25.5 Å². The molecule has 0 aliphatic rings. The standard InChI is InChI=1S/C6H9N5O2/c1-11-8-4-5(10-11)3-7-9-6(12)13-2/h3-4H,1-2H3,(H,9,12)/b7-3+. The highest BCUT2D eigenvalue weighted by Gasteiger charge is 1.94. The molecular weight excluding hydrogens is 174 g/mol. The number of hydrazone groups is 1. The summed E-state index contributed by atoms with van der Waals surface area (Å²) < 4.78 is 4.29. The molecule has 0 atom stereocenters. The first kappa shape index (κ1) is 9.17. The number of carbonyl (C=O) groups is 1. The first-order valence-electron chi connectivity index (χ1n) is 3.45. The van der Waals surface area contributed by atoms with Gasteiger partial charge in [-0.05, 0) is 0 Å². The molecule has 0 saturated heterocycles. The second kappa shape index (κ2) is 4.19. The van der Waals surface area contributed by atoms with E-state index >= 15 is 0 Å². The van der Waals surface area contributed by atoms with Crippen molar-refractivity contribution in [1.82, 2.24) is 20.4 Å². The summed E-state index contributed by atoms with van der Waals surface area (Å²) in [5, 5.41) is 11.3. The van der Waals surface area contributed by atoms with Gasteiger partial charge in [0.25, 0.3) is 0 Å². The van der Waals surface area contributed by atoms with Crippen LogP contribution < -0.4 is 5.43 Å². The van der Waals surface area contributed by atoms with Gasteiger partial charge in [0, 0.05) is 7.05 Å². The molecular formula is C6H9N5O2. The summed E-state index contributed by atoms with van der Waals surface area (Å²) >= 11 is 0. The van der Waals surface area contributed by atoms with Crippen LogP contribution in [0.25, 0.3) is 0 Å². The summed E-state index contributed by atoms with van der Waals surface area (Å²) in [7, 11) is 2.94. The van der Waals surface area contributed by atoms with Crippen LogP contribution in [0.4, 0.5) is 4.79 Å². The van der Waals surface area contributed by atoms with Gasteiger partial charge in [-0.1, -0.05) is 0 Å². The first-order chi connectivity index (χ1) is 6.22. The molecule has 1 aromatic rings. The molecule has 7 nitrogen and oxygen atoms in total. The molecule has 0 bridgehead atoms. The third-order valence-electron chi connectivity index (χ3n) is 1.16. The Kier molecular flexibility index (Phi) is 2.96. The second-order valence-corrected chi connectivity index (χ2v) is 2.12. The molecule has 7 heteroatoms. The zero-order chi connectivity index (χ0) is 9.68. The van der Waals surface area contributed by atoms with Crippen LogP contribution in [-0.2, 0) is 11.8 Å². The Labute approximate surface area is 74.4 Å². The van der Waals surface area contributed by atoms with E-state index in [9.17, 15) is 4.79 Å². The van der Waals surface area contributed by atoms with Crippen molar-refractivity contribution < 1.29 is 9.53 Å². The number of aromatic nitrogens is 3. The number of hydrogen-bond donors (Lipinski definition) is 1. The number of nitrogens with one attached hydrogen (secondary N) is 1. The average molecular weight is 183 g/mol. The summed E-state index contributed by atoms with van der Waals surface area (Å²) in [6, 6.07) is 0. The lowest BCUT2D eigenvalue weighted by atomic mass is 10.5. The van der Waals surface area contributed by atoms with Gasteiger partial charge in [-0.15, -0.1) is 0 Å². The number of methoxy groups -OCH3 is 1. The van der Waals surface area contributed by atoms with Gasteiger partial charge in [0.05, 0.1) is 19.5 Å². The molecule has 1 N–H and O–H groups in total. The number of aryl methyl sites for hydroxylation is 1. The highest BCUT2D eigenvalue weighted by molar-refractivity contribution is 5.77. The molecule has 1 amide bonds. The van der Waals surface area contributed by atoms with Crippen molar-refractivity contribution in [1.29, 1.82) is 0 Å². The fourth-order valence-electron chi connectivity index (χ4n) is 0.617. The van der Waals surface area contributed by atoms with Crippen molar-refractivity contribution in [3.8, 4) is 0 Å². The molecule has 13 heavy (non-hydrogen) atoms. The van der Waals surface area contributed by atoms with Crippen molar-refractivity contribution in [2.45, 2.75) is 0 Å². The van der Waals surface area contributed by atoms with Crippen LogP contribution in [0.3, 0.4) is 0 Å².